The highest BCUT2D eigenvalue weighted by Crippen LogP contribution is 2.31. The number of carbonyl (C=O) groups is 1. The van der Waals surface area contributed by atoms with Gasteiger partial charge in [-0.1, -0.05) is 43.0 Å². The summed E-state index contributed by atoms with van der Waals surface area (Å²) in [7, 11) is 1.64. The zero-order valence-corrected chi connectivity index (χ0v) is 16.6. The van der Waals surface area contributed by atoms with E-state index in [9.17, 15) is 4.79 Å². The first-order chi connectivity index (χ1) is 13.7. The van der Waals surface area contributed by atoms with Crippen LogP contribution in [0.1, 0.15) is 57.3 Å². The highest BCUT2D eigenvalue weighted by molar-refractivity contribution is 5.80. The molecule has 0 saturated heterocycles. The number of ether oxygens (including phenoxy) is 1. The quantitative estimate of drug-likeness (QED) is 0.715. The lowest BCUT2D eigenvalue weighted by Gasteiger charge is -2.38. The minimum atomic E-state index is 0.233. The van der Waals surface area contributed by atoms with Gasteiger partial charge in [0, 0.05) is 30.5 Å². The molecule has 2 fully saturated rings. The zero-order chi connectivity index (χ0) is 19.3. The number of aromatic nitrogens is 2. The Morgan fingerprint density at radius 1 is 1.18 bits per heavy atom. The fraction of sp³-hybridized carbons (Fsp3) is 0.591. The summed E-state index contributed by atoms with van der Waals surface area (Å²) < 4.78 is 10.7. The molecule has 0 atom stereocenters. The van der Waals surface area contributed by atoms with Crippen LogP contribution in [-0.2, 0) is 11.2 Å². The number of nitrogens with zero attached hydrogens (tertiary/aromatic N) is 3. The lowest BCUT2D eigenvalue weighted by Crippen LogP contribution is -2.47. The van der Waals surface area contributed by atoms with E-state index in [0.29, 0.717) is 36.6 Å². The molecular weight excluding hydrogens is 354 g/mol. The van der Waals surface area contributed by atoms with Crippen molar-refractivity contribution in [2.45, 2.75) is 63.8 Å². The maximum absolute atomic E-state index is 13.0. The second-order valence-corrected chi connectivity index (χ2v) is 7.94. The van der Waals surface area contributed by atoms with Gasteiger partial charge in [-0.05, 0) is 37.8 Å². The van der Waals surface area contributed by atoms with E-state index in [-0.39, 0.29) is 5.92 Å². The SMILES string of the molecule is COc1cccc(-c2noc(CCN(C(=O)C3CCC3)C3CCCCC3)n2)c1. The van der Waals surface area contributed by atoms with E-state index in [2.05, 4.69) is 15.0 Å². The van der Waals surface area contributed by atoms with Gasteiger partial charge in [0.1, 0.15) is 5.75 Å². The number of benzene rings is 1. The first kappa shape index (κ1) is 19.0. The molecular formula is C22H29N3O3. The minimum absolute atomic E-state index is 0.233. The third-order valence-corrected chi connectivity index (χ3v) is 6.12. The fourth-order valence-electron chi connectivity index (χ4n) is 4.21. The second kappa shape index (κ2) is 8.76. The van der Waals surface area contributed by atoms with Crippen LogP contribution in [0.25, 0.3) is 11.4 Å². The first-order valence-corrected chi connectivity index (χ1v) is 10.5. The van der Waals surface area contributed by atoms with Crippen LogP contribution in [0.5, 0.6) is 5.75 Å². The monoisotopic (exact) mass is 383 g/mol. The van der Waals surface area contributed by atoms with E-state index in [1.165, 1.54) is 25.7 Å². The van der Waals surface area contributed by atoms with Gasteiger partial charge < -0.3 is 14.2 Å². The fourth-order valence-corrected chi connectivity index (χ4v) is 4.21. The van der Waals surface area contributed by atoms with Crippen LogP contribution in [0.4, 0.5) is 0 Å². The smallest absolute Gasteiger partial charge is 0.228 e. The van der Waals surface area contributed by atoms with Crippen LogP contribution in [-0.4, -0.2) is 40.6 Å². The molecule has 150 valence electrons. The Labute approximate surface area is 166 Å². The standard InChI is InChI=1S/C22H29N3O3/c1-27-19-12-6-9-17(15-19)21-23-20(28-24-21)13-14-25(18-10-3-2-4-11-18)22(26)16-7-5-8-16/h6,9,12,15-16,18H,2-5,7-8,10-11,13-14H2,1H3. The Balaban J connectivity index is 1.43. The topological polar surface area (TPSA) is 68.5 Å². The molecule has 6 nitrogen and oxygen atoms in total. The van der Waals surface area contributed by atoms with Crippen LogP contribution in [0, 0.1) is 5.92 Å². The van der Waals surface area contributed by atoms with Gasteiger partial charge in [0.2, 0.25) is 17.6 Å². The normalized spacial score (nSPS) is 17.9. The molecule has 2 aliphatic rings. The maximum atomic E-state index is 13.0. The van der Waals surface area contributed by atoms with Gasteiger partial charge in [-0.2, -0.15) is 4.98 Å². The molecule has 1 aromatic heterocycles. The average Bonchev–Trinajstić information content (AvgIpc) is 3.17. The van der Waals surface area contributed by atoms with Crippen molar-refractivity contribution in [3.05, 3.63) is 30.2 Å². The van der Waals surface area contributed by atoms with Crippen LogP contribution in [0.15, 0.2) is 28.8 Å². The van der Waals surface area contributed by atoms with Gasteiger partial charge in [-0.25, -0.2) is 0 Å². The molecule has 0 bridgehead atoms. The summed E-state index contributed by atoms with van der Waals surface area (Å²) in [6.07, 6.45) is 9.85. The van der Waals surface area contributed by atoms with Gasteiger partial charge >= 0.3 is 0 Å². The molecule has 28 heavy (non-hydrogen) atoms. The Morgan fingerprint density at radius 2 is 2.00 bits per heavy atom. The lowest BCUT2D eigenvalue weighted by atomic mass is 9.83. The Morgan fingerprint density at radius 3 is 2.71 bits per heavy atom. The van der Waals surface area contributed by atoms with Gasteiger partial charge in [-0.15, -0.1) is 0 Å². The molecule has 0 N–H and O–H groups in total. The molecule has 2 aliphatic carbocycles. The highest BCUT2D eigenvalue weighted by atomic mass is 16.5. The van der Waals surface area contributed by atoms with Crippen LogP contribution in [0.3, 0.4) is 0 Å². The summed E-state index contributed by atoms with van der Waals surface area (Å²) in [6.45, 7) is 0.666. The molecule has 1 heterocycles. The number of methoxy groups -OCH3 is 1. The molecule has 0 unspecified atom stereocenters. The summed E-state index contributed by atoms with van der Waals surface area (Å²) in [6, 6.07) is 8.00. The van der Waals surface area contributed by atoms with E-state index >= 15 is 0 Å². The Kier molecular flexibility index (Phi) is 5.93. The number of hydrogen-bond acceptors (Lipinski definition) is 5. The highest BCUT2D eigenvalue weighted by Gasteiger charge is 2.33. The number of rotatable bonds is 7. The third-order valence-electron chi connectivity index (χ3n) is 6.12. The number of carbonyl (C=O) groups excluding carboxylic acids is 1. The largest absolute Gasteiger partial charge is 0.497 e. The molecule has 2 aromatic rings. The number of hydrogen-bond donors (Lipinski definition) is 0. The predicted octanol–water partition coefficient (Wildman–Crippen LogP) is 4.25. The van der Waals surface area contributed by atoms with E-state index in [1.807, 2.05) is 24.3 Å². The van der Waals surface area contributed by atoms with Gasteiger partial charge in [-0.3, -0.25) is 4.79 Å². The van der Waals surface area contributed by atoms with Crippen LogP contribution >= 0.6 is 0 Å². The van der Waals surface area contributed by atoms with Crippen molar-refractivity contribution in [1.82, 2.24) is 15.0 Å². The van der Waals surface area contributed by atoms with Crippen molar-refractivity contribution in [1.29, 1.82) is 0 Å². The summed E-state index contributed by atoms with van der Waals surface area (Å²) in [5.74, 6) is 2.48. The van der Waals surface area contributed by atoms with Gasteiger partial charge in [0.15, 0.2) is 0 Å². The minimum Gasteiger partial charge on any atom is -0.497 e. The second-order valence-electron chi connectivity index (χ2n) is 7.94. The molecule has 1 aromatic carbocycles. The molecule has 6 heteroatoms. The van der Waals surface area contributed by atoms with Crippen molar-refractivity contribution >= 4 is 5.91 Å². The van der Waals surface area contributed by atoms with E-state index < -0.39 is 0 Å². The van der Waals surface area contributed by atoms with Crippen molar-refractivity contribution in [2.24, 2.45) is 5.92 Å². The zero-order valence-electron chi connectivity index (χ0n) is 16.6. The molecule has 0 aliphatic heterocycles. The summed E-state index contributed by atoms with van der Waals surface area (Å²) >= 11 is 0. The molecule has 0 spiro atoms. The van der Waals surface area contributed by atoms with Crippen LogP contribution < -0.4 is 4.74 Å². The number of amides is 1. The van der Waals surface area contributed by atoms with E-state index in [1.54, 1.807) is 7.11 Å². The lowest BCUT2D eigenvalue weighted by molar-refractivity contribution is -0.141. The third kappa shape index (κ3) is 4.21. The molecule has 1 amide bonds. The van der Waals surface area contributed by atoms with Crippen LogP contribution in [0.2, 0.25) is 0 Å². The average molecular weight is 383 g/mol. The summed E-state index contributed by atoms with van der Waals surface area (Å²) in [5.41, 5.74) is 0.865. The Bertz CT molecular complexity index is 794. The van der Waals surface area contributed by atoms with E-state index in [4.69, 9.17) is 9.26 Å². The first-order valence-electron chi connectivity index (χ1n) is 10.5. The Hall–Kier alpha value is -2.37. The van der Waals surface area contributed by atoms with E-state index in [0.717, 1.165) is 37.0 Å². The van der Waals surface area contributed by atoms with Crippen molar-refractivity contribution in [3.63, 3.8) is 0 Å². The summed E-state index contributed by atoms with van der Waals surface area (Å²) in [5, 5.41) is 4.11. The predicted molar refractivity (Wildman–Crippen MR) is 106 cm³/mol. The molecule has 0 radical (unpaired) electrons. The molecule has 2 saturated carbocycles. The van der Waals surface area contributed by atoms with Crippen molar-refractivity contribution in [3.8, 4) is 17.1 Å². The molecule has 4 rings (SSSR count). The maximum Gasteiger partial charge on any atom is 0.228 e. The van der Waals surface area contributed by atoms with Crippen molar-refractivity contribution in [2.75, 3.05) is 13.7 Å². The van der Waals surface area contributed by atoms with Gasteiger partial charge in [0.05, 0.1) is 7.11 Å². The summed E-state index contributed by atoms with van der Waals surface area (Å²) in [4.78, 5) is 19.7. The van der Waals surface area contributed by atoms with Crippen molar-refractivity contribution < 1.29 is 14.1 Å². The van der Waals surface area contributed by atoms with Gasteiger partial charge in [0.25, 0.3) is 0 Å².